The molecule has 2 atom stereocenters. The van der Waals surface area contributed by atoms with Crippen molar-refractivity contribution in [2.75, 3.05) is 0 Å². The summed E-state index contributed by atoms with van der Waals surface area (Å²) in [7, 11) is 0. The van der Waals surface area contributed by atoms with E-state index in [1.54, 1.807) is 31.2 Å². The minimum atomic E-state index is -0.846. The second-order valence-corrected chi connectivity index (χ2v) is 5.17. The number of hydrogen-bond acceptors (Lipinski definition) is 3. The summed E-state index contributed by atoms with van der Waals surface area (Å²) in [6.07, 6.45) is -0.846. The Bertz CT molecular complexity index is 595. The van der Waals surface area contributed by atoms with Gasteiger partial charge in [-0.25, -0.2) is 0 Å². The fourth-order valence-corrected chi connectivity index (χ4v) is 2.01. The van der Waals surface area contributed by atoms with Gasteiger partial charge in [-0.05, 0) is 48.4 Å². The monoisotopic (exact) mass is 313 g/mol. The largest absolute Gasteiger partial charge is 0.440 e. The number of halogens is 2. The molecule has 0 aliphatic carbocycles. The molecular formula is C14H13Cl2NO3. The highest BCUT2D eigenvalue weighted by Gasteiger charge is 2.20. The Morgan fingerprint density at radius 3 is 2.40 bits per heavy atom. The maximum Gasteiger partial charge on any atom is 0.287 e. The van der Waals surface area contributed by atoms with E-state index in [4.69, 9.17) is 27.6 Å². The number of amides is 1. The lowest BCUT2D eigenvalue weighted by molar-refractivity contribution is 0.0826. The molecule has 1 amide bonds. The van der Waals surface area contributed by atoms with Crippen molar-refractivity contribution in [3.63, 3.8) is 0 Å². The number of hydrogen-bond donors (Lipinski definition) is 2. The summed E-state index contributed by atoms with van der Waals surface area (Å²) in [6.45, 7) is 1.70. The van der Waals surface area contributed by atoms with E-state index in [9.17, 15) is 9.90 Å². The molecule has 2 N–H and O–H groups in total. The molecule has 106 valence electrons. The van der Waals surface area contributed by atoms with Gasteiger partial charge in [-0.15, -0.1) is 0 Å². The first-order valence-corrected chi connectivity index (χ1v) is 6.72. The molecule has 0 saturated carbocycles. The van der Waals surface area contributed by atoms with E-state index in [1.165, 1.54) is 12.1 Å². The van der Waals surface area contributed by atoms with Crippen LogP contribution in [0.4, 0.5) is 0 Å². The Morgan fingerprint density at radius 1 is 1.20 bits per heavy atom. The second kappa shape index (κ2) is 6.31. The first-order valence-electron chi connectivity index (χ1n) is 5.97. The molecule has 0 spiro atoms. The third kappa shape index (κ3) is 3.54. The van der Waals surface area contributed by atoms with Crippen molar-refractivity contribution in [3.05, 3.63) is 58.0 Å². The van der Waals surface area contributed by atoms with Crippen LogP contribution in [0.5, 0.6) is 0 Å². The van der Waals surface area contributed by atoms with Crippen LogP contribution in [-0.2, 0) is 0 Å². The van der Waals surface area contributed by atoms with E-state index in [2.05, 4.69) is 5.32 Å². The van der Waals surface area contributed by atoms with Gasteiger partial charge in [0, 0.05) is 5.02 Å². The number of carbonyl (C=O) groups excluding carboxylic acids is 1. The molecule has 1 aromatic heterocycles. The van der Waals surface area contributed by atoms with Crippen LogP contribution >= 0.6 is 23.2 Å². The lowest BCUT2D eigenvalue weighted by Gasteiger charge is -2.20. The minimum absolute atomic E-state index is 0.102. The normalized spacial score (nSPS) is 13.8. The molecule has 0 saturated heterocycles. The number of aliphatic hydroxyl groups excluding tert-OH is 1. The summed E-state index contributed by atoms with van der Waals surface area (Å²) in [5.41, 5.74) is 0.666. The minimum Gasteiger partial charge on any atom is -0.440 e. The van der Waals surface area contributed by atoms with E-state index >= 15 is 0 Å². The predicted molar refractivity (Wildman–Crippen MR) is 77.1 cm³/mol. The van der Waals surface area contributed by atoms with Gasteiger partial charge < -0.3 is 14.8 Å². The Hall–Kier alpha value is -1.49. The maximum atomic E-state index is 11.9. The molecule has 20 heavy (non-hydrogen) atoms. The molecule has 0 bridgehead atoms. The fourth-order valence-electron chi connectivity index (χ4n) is 1.74. The Kier molecular flexibility index (Phi) is 4.70. The Morgan fingerprint density at radius 2 is 1.85 bits per heavy atom. The van der Waals surface area contributed by atoms with Crippen molar-refractivity contribution in [2.45, 2.75) is 19.1 Å². The van der Waals surface area contributed by atoms with Crippen LogP contribution in [0, 0.1) is 0 Å². The zero-order valence-corrected chi connectivity index (χ0v) is 12.2. The van der Waals surface area contributed by atoms with Crippen molar-refractivity contribution >= 4 is 29.1 Å². The van der Waals surface area contributed by atoms with Gasteiger partial charge in [0.25, 0.3) is 5.91 Å². The first-order chi connectivity index (χ1) is 9.47. The number of carbonyl (C=O) groups is 1. The van der Waals surface area contributed by atoms with Crippen molar-refractivity contribution in [2.24, 2.45) is 0 Å². The first kappa shape index (κ1) is 14.9. The summed E-state index contributed by atoms with van der Waals surface area (Å²) >= 11 is 11.4. The average molecular weight is 314 g/mol. The van der Waals surface area contributed by atoms with Gasteiger partial charge in [0.1, 0.15) is 0 Å². The molecule has 4 nitrogen and oxygen atoms in total. The van der Waals surface area contributed by atoms with Crippen LogP contribution in [0.25, 0.3) is 0 Å². The number of furan rings is 1. The molecule has 0 radical (unpaired) electrons. The summed E-state index contributed by atoms with van der Waals surface area (Å²) in [5.74, 6) is -0.331. The topological polar surface area (TPSA) is 62.5 Å². The smallest absolute Gasteiger partial charge is 0.287 e. The van der Waals surface area contributed by atoms with Gasteiger partial charge in [-0.1, -0.05) is 23.7 Å². The summed E-state index contributed by atoms with van der Waals surface area (Å²) in [6, 6.07) is 9.24. The molecule has 0 fully saturated rings. The van der Waals surface area contributed by atoms with E-state index in [0.717, 1.165) is 0 Å². The molecule has 1 heterocycles. The van der Waals surface area contributed by atoms with Gasteiger partial charge in [0.2, 0.25) is 0 Å². The lowest BCUT2D eigenvalue weighted by Crippen LogP contribution is -2.36. The third-order valence-corrected chi connectivity index (χ3v) is 3.30. The quantitative estimate of drug-likeness (QED) is 0.909. The van der Waals surface area contributed by atoms with Gasteiger partial charge in [-0.2, -0.15) is 0 Å². The highest BCUT2D eigenvalue weighted by molar-refractivity contribution is 6.30. The van der Waals surface area contributed by atoms with E-state index < -0.39 is 18.1 Å². The van der Waals surface area contributed by atoms with Crippen LogP contribution < -0.4 is 5.32 Å². The maximum absolute atomic E-state index is 11.9. The Balaban J connectivity index is 2.02. The zero-order valence-electron chi connectivity index (χ0n) is 10.6. The van der Waals surface area contributed by atoms with Crippen LogP contribution in [0.2, 0.25) is 10.2 Å². The Labute approximate surface area is 126 Å². The number of benzene rings is 1. The molecule has 1 aromatic carbocycles. The summed E-state index contributed by atoms with van der Waals surface area (Å²) in [5, 5.41) is 13.5. The van der Waals surface area contributed by atoms with E-state index in [-0.39, 0.29) is 11.0 Å². The van der Waals surface area contributed by atoms with Crippen molar-refractivity contribution in [1.82, 2.24) is 5.32 Å². The third-order valence-electron chi connectivity index (χ3n) is 2.84. The predicted octanol–water partition coefficient (Wildman–Crippen LogP) is 3.44. The molecule has 6 heteroatoms. The standard InChI is InChI=1S/C14H13Cl2NO3/c1-8(13(18)9-2-4-10(15)5-3-9)17-14(19)11-6-7-12(16)20-11/h2-8,13,18H,1H3,(H,17,19). The van der Waals surface area contributed by atoms with Crippen LogP contribution in [0.3, 0.4) is 0 Å². The lowest BCUT2D eigenvalue weighted by atomic mass is 10.0. The van der Waals surface area contributed by atoms with Crippen molar-refractivity contribution in [1.29, 1.82) is 0 Å². The molecule has 2 rings (SSSR count). The number of rotatable bonds is 4. The zero-order chi connectivity index (χ0) is 14.7. The fraction of sp³-hybridized carbons (Fsp3) is 0.214. The van der Waals surface area contributed by atoms with Crippen molar-refractivity contribution < 1.29 is 14.3 Å². The number of aliphatic hydroxyl groups is 1. The number of nitrogens with one attached hydrogen (secondary N) is 1. The van der Waals surface area contributed by atoms with Gasteiger partial charge in [0.15, 0.2) is 11.0 Å². The van der Waals surface area contributed by atoms with Gasteiger partial charge >= 0.3 is 0 Å². The van der Waals surface area contributed by atoms with Crippen LogP contribution in [0.15, 0.2) is 40.8 Å². The van der Waals surface area contributed by atoms with Gasteiger partial charge in [-0.3, -0.25) is 4.79 Å². The molecular weight excluding hydrogens is 301 g/mol. The second-order valence-electron chi connectivity index (χ2n) is 4.36. The molecule has 0 aliphatic heterocycles. The van der Waals surface area contributed by atoms with Crippen LogP contribution in [0.1, 0.15) is 29.1 Å². The summed E-state index contributed by atoms with van der Waals surface area (Å²) < 4.78 is 5.00. The highest BCUT2D eigenvalue weighted by Crippen LogP contribution is 2.20. The van der Waals surface area contributed by atoms with Crippen molar-refractivity contribution in [3.8, 4) is 0 Å². The summed E-state index contributed by atoms with van der Waals surface area (Å²) in [4.78, 5) is 11.9. The van der Waals surface area contributed by atoms with E-state index in [1.807, 2.05) is 0 Å². The van der Waals surface area contributed by atoms with Gasteiger partial charge in [0.05, 0.1) is 12.1 Å². The van der Waals surface area contributed by atoms with E-state index in [0.29, 0.717) is 10.6 Å². The van der Waals surface area contributed by atoms with Crippen LogP contribution in [-0.4, -0.2) is 17.1 Å². The SMILES string of the molecule is CC(NC(=O)c1ccc(Cl)o1)C(O)c1ccc(Cl)cc1. The molecule has 0 aliphatic rings. The highest BCUT2D eigenvalue weighted by atomic mass is 35.5. The average Bonchev–Trinajstić information content (AvgIpc) is 2.85. The molecule has 2 aromatic rings. The molecule has 2 unspecified atom stereocenters.